The van der Waals surface area contributed by atoms with Crippen molar-refractivity contribution in [2.45, 2.75) is 19.5 Å². The molecule has 7 heteroatoms. The quantitative estimate of drug-likeness (QED) is 0.819. The summed E-state index contributed by atoms with van der Waals surface area (Å²) in [6.07, 6.45) is -4.40. The highest BCUT2D eigenvalue weighted by molar-refractivity contribution is 5.94. The molecule has 134 valence electrons. The van der Waals surface area contributed by atoms with Crippen molar-refractivity contribution >= 4 is 5.91 Å². The number of hydrogen-bond acceptors (Lipinski definition) is 2. The van der Waals surface area contributed by atoms with Crippen LogP contribution in [-0.4, -0.2) is 19.6 Å². The number of halogens is 4. The molecule has 0 spiro atoms. The smallest absolute Gasteiger partial charge is 0.419 e. The Balaban J connectivity index is 2.05. The summed E-state index contributed by atoms with van der Waals surface area (Å²) < 4.78 is 56.6. The summed E-state index contributed by atoms with van der Waals surface area (Å²) >= 11 is 0. The van der Waals surface area contributed by atoms with E-state index >= 15 is 0 Å². The molecule has 2 rings (SSSR count). The molecule has 0 aliphatic carbocycles. The molecule has 1 N–H and O–H groups in total. The zero-order chi connectivity index (χ0) is 18.6. The number of benzene rings is 2. The summed E-state index contributed by atoms with van der Waals surface area (Å²) in [5.74, 6) is -1.44. The van der Waals surface area contributed by atoms with Crippen LogP contribution in [0.5, 0.6) is 5.75 Å². The van der Waals surface area contributed by atoms with Gasteiger partial charge in [-0.2, -0.15) is 13.2 Å². The molecule has 0 aliphatic rings. The van der Waals surface area contributed by atoms with Gasteiger partial charge in [-0.25, -0.2) is 4.39 Å². The molecule has 0 aromatic heterocycles. The third kappa shape index (κ3) is 4.71. The fraction of sp³-hybridized carbons (Fsp3) is 0.278. The van der Waals surface area contributed by atoms with Crippen molar-refractivity contribution in [3.05, 3.63) is 64.5 Å². The standard InChI is InChI=1S/C18H17F4NO2/c1-11-3-6-16(25-2)12(9-11)7-8-23-17(24)13-4-5-15(19)14(10-13)18(20,21)22/h3-6,9-10H,7-8H2,1-2H3,(H,23,24). The number of carbonyl (C=O) groups excluding carboxylic acids is 1. The van der Waals surface area contributed by atoms with Crippen molar-refractivity contribution in [2.75, 3.05) is 13.7 Å². The fourth-order valence-corrected chi connectivity index (χ4v) is 2.40. The van der Waals surface area contributed by atoms with Gasteiger partial charge < -0.3 is 10.1 Å². The Morgan fingerprint density at radius 2 is 1.88 bits per heavy atom. The molecule has 0 saturated carbocycles. The average Bonchev–Trinajstić information content (AvgIpc) is 2.54. The summed E-state index contributed by atoms with van der Waals surface area (Å²) in [6.45, 7) is 2.12. The van der Waals surface area contributed by atoms with Crippen molar-refractivity contribution < 1.29 is 27.1 Å². The molecule has 0 unspecified atom stereocenters. The Kier molecular flexibility index (Phi) is 5.66. The van der Waals surface area contributed by atoms with E-state index in [9.17, 15) is 22.4 Å². The molecule has 3 nitrogen and oxygen atoms in total. The van der Waals surface area contributed by atoms with E-state index in [1.165, 1.54) is 7.11 Å². The summed E-state index contributed by atoms with van der Waals surface area (Å²) in [7, 11) is 1.53. The molecule has 0 atom stereocenters. The van der Waals surface area contributed by atoms with Crippen LogP contribution in [0, 0.1) is 12.7 Å². The second kappa shape index (κ2) is 7.55. The number of aryl methyl sites for hydroxylation is 1. The molecule has 2 aromatic rings. The molecule has 0 bridgehead atoms. The Hall–Kier alpha value is -2.57. The van der Waals surface area contributed by atoms with Gasteiger partial charge in [0.05, 0.1) is 12.7 Å². The topological polar surface area (TPSA) is 38.3 Å². The third-order valence-corrected chi connectivity index (χ3v) is 3.65. The van der Waals surface area contributed by atoms with Crippen LogP contribution in [0.4, 0.5) is 17.6 Å². The molecule has 0 radical (unpaired) electrons. The van der Waals surface area contributed by atoms with Gasteiger partial charge in [-0.3, -0.25) is 4.79 Å². The fourth-order valence-electron chi connectivity index (χ4n) is 2.40. The highest BCUT2D eigenvalue weighted by Crippen LogP contribution is 2.31. The predicted octanol–water partition coefficient (Wildman–Crippen LogP) is 4.13. The number of rotatable bonds is 5. The van der Waals surface area contributed by atoms with Crippen LogP contribution in [-0.2, 0) is 12.6 Å². The maximum Gasteiger partial charge on any atom is 0.419 e. The van der Waals surface area contributed by atoms with Gasteiger partial charge in [0.25, 0.3) is 5.91 Å². The van der Waals surface area contributed by atoms with Crippen molar-refractivity contribution in [1.29, 1.82) is 0 Å². The van der Waals surface area contributed by atoms with E-state index in [1.54, 1.807) is 0 Å². The minimum Gasteiger partial charge on any atom is -0.496 e. The van der Waals surface area contributed by atoms with Gasteiger partial charge in [0.2, 0.25) is 0 Å². The van der Waals surface area contributed by atoms with E-state index in [0.717, 1.165) is 17.2 Å². The van der Waals surface area contributed by atoms with E-state index in [1.807, 2.05) is 25.1 Å². The van der Waals surface area contributed by atoms with E-state index in [2.05, 4.69) is 5.32 Å². The average molecular weight is 355 g/mol. The lowest BCUT2D eigenvalue weighted by atomic mass is 10.1. The van der Waals surface area contributed by atoms with Crippen LogP contribution in [0.25, 0.3) is 0 Å². The largest absolute Gasteiger partial charge is 0.496 e. The highest BCUT2D eigenvalue weighted by atomic mass is 19.4. The highest BCUT2D eigenvalue weighted by Gasteiger charge is 2.34. The summed E-state index contributed by atoms with van der Waals surface area (Å²) in [4.78, 5) is 12.0. The van der Waals surface area contributed by atoms with Crippen LogP contribution in [0.15, 0.2) is 36.4 Å². The van der Waals surface area contributed by atoms with Crippen LogP contribution < -0.4 is 10.1 Å². The lowest BCUT2D eigenvalue weighted by Gasteiger charge is -2.12. The number of hydrogen-bond donors (Lipinski definition) is 1. The molecule has 2 aromatic carbocycles. The second-order valence-corrected chi connectivity index (χ2v) is 5.51. The number of alkyl halides is 3. The Bertz CT molecular complexity index is 772. The Labute approximate surface area is 142 Å². The first-order chi connectivity index (χ1) is 11.7. The van der Waals surface area contributed by atoms with Crippen molar-refractivity contribution in [3.8, 4) is 5.75 Å². The minimum absolute atomic E-state index is 0.206. The first-order valence-corrected chi connectivity index (χ1v) is 7.51. The molecule has 0 heterocycles. The van der Waals surface area contributed by atoms with Gasteiger partial charge in [0.15, 0.2) is 0 Å². The molecule has 0 fully saturated rings. The molecule has 0 aliphatic heterocycles. The molecule has 0 saturated heterocycles. The van der Waals surface area contributed by atoms with Gasteiger partial charge in [-0.1, -0.05) is 17.7 Å². The summed E-state index contributed by atoms with van der Waals surface area (Å²) in [5, 5.41) is 2.53. The van der Waals surface area contributed by atoms with Crippen LogP contribution in [0.1, 0.15) is 27.0 Å². The van der Waals surface area contributed by atoms with Gasteiger partial charge in [0.1, 0.15) is 11.6 Å². The van der Waals surface area contributed by atoms with Gasteiger partial charge >= 0.3 is 6.18 Å². The maximum atomic E-state index is 13.3. The Morgan fingerprint density at radius 1 is 1.16 bits per heavy atom. The van der Waals surface area contributed by atoms with Crippen molar-refractivity contribution in [3.63, 3.8) is 0 Å². The Morgan fingerprint density at radius 3 is 2.52 bits per heavy atom. The molecule has 1 amide bonds. The number of amides is 1. The lowest BCUT2D eigenvalue weighted by Crippen LogP contribution is -2.26. The number of methoxy groups -OCH3 is 1. The second-order valence-electron chi connectivity index (χ2n) is 5.51. The van der Waals surface area contributed by atoms with Crippen molar-refractivity contribution in [2.24, 2.45) is 0 Å². The van der Waals surface area contributed by atoms with Crippen molar-refractivity contribution in [1.82, 2.24) is 5.32 Å². The lowest BCUT2D eigenvalue weighted by molar-refractivity contribution is -0.140. The SMILES string of the molecule is COc1ccc(C)cc1CCNC(=O)c1ccc(F)c(C(F)(F)F)c1. The predicted molar refractivity (Wildman–Crippen MR) is 85.2 cm³/mol. The molecular formula is C18H17F4NO2. The van der Waals surface area contributed by atoms with E-state index < -0.39 is 23.5 Å². The van der Waals surface area contributed by atoms with Crippen LogP contribution in [0.3, 0.4) is 0 Å². The monoisotopic (exact) mass is 355 g/mol. The van der Waals surface area contributed by atoms with Crippen LogP contribution in [0.2, 0.25) is 0 Å². The maximum absolute atomic E-state index is 13.3. The van der Waals surface area contributed by atoms with Gasteiger partial charge in [-0.05, 0) is 43.2 Å². The third-order valence-electron chi connectivity index (χ3n) is 3.65. The minimum atomic E-state index is -4.85. The zero-order valence-corrected chi connectivity index (χ0v) is 13.7. The molecular weight excluding hydrogens is 338 g/mol. The number of nitrogens with one attached hydrogen (secondary N) is 1. The summed E-state index contributed by atoms with van der Waals surface area (Å²) in [6, 6.07) is 7.77. The summed E-state index contributed by atoms with van der Waals surface area (Å²) in [5.41, 5.74) is 0.193. The first kappa shape index (κ1) is 18.8. The zero-order valence-electron chi connectivity index (χ0n) is 13.7. The van der Waals surface area contributed by atoms with E-state index in [4.69, 9.17) is 4.74 Å². The van der Waals surface area contributed by atoms with E-state index in [-0.39, 0.29) is 12.1 Å². The normalized spacial score (nSPS) is 11.3. The van der Waals surface area contributed by atoms with Gasteiger partial charge in [-0.15, -0.1) is 0 Å². The van der Waals surface area contributed by atoms with Gasteiger partial charge in [0, 0.05) is 12.1 Å². The molecule has 25 heavy (non-hydrogen) atoms. The van der Waals surface area contributed by atoms with Crippen LogP contribution >= 0.6 is 0 Å². The number of carbonyl (C=O) groups is 1. The number of ether oxygens (including phenoxy) is 1. The first-order valence-electron chi connectivity index (χ1n) is 7.51. The van der Waals surface area contributed by atoms with E-state index in [0.29, 0.717) is 24.3 Å².